The number of benzene rings is 1. The SMILES string of the molecule is COc1cc(C)c(Cc2cncnc2)cc1OC. The summed E-state index contributed by atoms with van der Waals surface area (Å²) in [4.78, 5) is 8.04. The van der Waals surface area contributed by atoms with Crippen molar-refractivity contribution in [1.82, 2.24) is 9.97 Å². The molecule has 1 aromatic carbocycles. The minimum absolute atomic E-state index is 0.745. The fourth-order valence-electron chi connectivity index (χ4n) is 1.85. The van der Waals surface area contributed by atoms with Crippen LogP contribution in [0.3, 0.4) is 0 Å². The second-order valence-corrected chi connectivity index (χ2v) is 4.06. The highest BCUT2D eigenvalue weighted by atomic mass is 16.5. The molecule has 0 spiro atoms. The average molecular weight is 244 g/mol. The first kappa shape index (κ1) is 12.4. The first-order valence-electron chi connectivity index (χ1n) is 5.70. The number of hydrogen-bond donors (Lipinski definition) is 0. The van der Waals surface area contributed by atoms with Gasteiger partial charge in [-0.15, -0.1) is 0 Å². The van der Waals surface area contributed by atoms with Gasteiger partial charge < -0.3 is 9.47 Å². The fourth-order valence-corrected chi connectivity index (χ4v) is 1.85. The van der Waals surface area contributed by atoms with Crippen LogP contribution in [0.25, 0.3) is 0 Å². The van der Waals surface area contributed by atoms with Gasteiger partial charge in [-0.1, -0.05) is 0 Å². The van der Waals surface area contributed by atoms with Gasteiger partial charge in [-0.3, -0.25) is 0 Å². The molecule has 18 heavy (non-hydrogen) atoms. The van der Waals surface area contributed by atoms with Gasteiger partial charge in [-0.2, -0.15) is 0 Å². The Morgan fingerprint density at radius 2 is 1.61 bits per heavy atom. The van der Waals surface area contributed by atoms with Crippen LogP contribution in [0.4, 0.5) is 0 Å². The Morgan fingerprint density at radius 3 is 2.22 bits per heavy atom. The van der Waals surface area contributed by atoms with E-state index in [0.717, 1.165) is 29.0 Å². The van der Waals surface area contributed by atoms with E-state index >= 15 is 0 Å². The van der Waals surface area contributed by atoms with Crippen LogP contribution >= 0.6 is 0 Å². The van der Waals surface area contributed by atoms with Gasteiger partial charge in [0.25, 0.3) is 0 Å². The van der Waals surface area contributed by atoms with Crippen molar-refractivity contribution in [2.24, 2.45) is 0 Å². The van der Waals surface area contributed by atoms with E-state index in [0.29, 0.717) is 0 Å². The van der Waals surface area contributed by atoms with Crippen molar-refractivity contribution in [2.45, 2.75) is 13.3 Å². The van der Waals surface area contributed by atoms with Crippen LogP contribution < -0.4 is 9.47 Å². The molecule has 1 heterocycles. The van der Waals surface area contributed by atoms with Crippen LogP contribution in [0, 0.1) is 6.92 Å². The summed E-state index contributed by atoms with van der Waals surface area (Å²) in [6, 6.07) is 3.99. The molecule has 4 heteroatoms. The lowest BCUT2D eigenvalue weighted by molar-refractivity contribution is 0.354. The van der Waals surface area contributed by atoms with E-state index in [1.54, 1.807) is 14.2 Å². The summed E-state index contributed by atoms with van der Waals surface area (Å²) < 4.78 is 10.6. The Morgan fingerprint density at radius 1 is 1.00 bits per heavy atom. The molecule has 2 aromatic rings. The number of methoxy groups -OCH3 is 2. The van der Waals surface area contributed by atoms with Crippen LogP contribution in [-0.4, -0.2) is 24.2 Å². The number of aromatic nitrogens is 2. The van der Waals surface area contributed by atoms with Crippen molar-refractivity contribution >= 4 is 0 Å². The first-order chi connectivity index (χ1) is 8.74. The van der Waals surface area contributed by atoms with Gasteiger partial charge in [0.2, 0.25) is 0 Å². The summed E-state index contributed by atoms with van der Waals surface area (Å²) in [5.41, 5.74) is 3.42. The van der Waals surface area contributed by atoms with Crippen molar-refractivity contribution in [3.8, 4) is 11.5 Å². The van der Waals surface area contributed by atoms with Gasteiger partial charge in [-0.05, 0) is 35.7 Å². The van der Waals surface area contributed by atoms with E-state index in [9.17, 15) is 0 Å². The maximum atomic E-state index is 5.31. The summed E-state index contributed by atoms with van der Waals surface area (Å²) in [7, 11) is 3.28. The monoisotopic (exact) mass is 244 g/mol. The number of hydrogen-bond acceptors (Lipinski definition) is 4. The maximum absolute atomic E-state index is 5.31. The second kappa shape index (κ2) is 5.49. The topological polar surface area (TPSA) is 44.2 Å². The van der Waals surface area contributed by atoms with Crippen molar-refractivity contribution in [1.29, 1.82) is 0 Å². The summed E-state index contributed by atoms with van der Waals surface area (Å²) in [5.74, 6) is 1.50. The van der Waals surface area contributed by atoms with E-state index < -0.39 is 0 Å². The molecule has 94 valence electrons. The summed E-state index contributed by atoms with van der Waals surface area (Å²) >= 11 is 0. The zero-order valence-electron chi connectivity index (χ0n) is 10.8. The third-order valence-corrected chi connectivity index (χ3v) is 2.85. The minimum atomic E-state index is 0.745. The molecular formula is C14H16N2O2. The lowest BCUT2D eigenvalue weighted by atomic mass is 10.0. The van der Waals surface area contributed by atoms with Gasteiger partial charge in [-0.25, -0.2) is 9.97 Å². The van der Waals surface area contributed by atoms with Crippen LogP contribution in [0.2, 0.25) is 0 Å². The van der Waals surface area contributed by atoms with Gasteiger partial charge in [0.05, 0.1) is 14.2 Å². The zero-order valence-corrected chi connectivity index (χ0v) is 10.8. The zero-order chi connectivity index (χ0) is 13.0. The average Bonchev–Trinajstić information content (AvgIpc) is 2.41. The van der Waals surface area contributed by atoms with Crippen molar-refractivity contribution < 1.29 is 9.47 Å². The second-order valence-electron chi connectivity index (χ2n) is 4.06. The molecule has 1 aromatic heterocycles. The predicted octanol–water partition coefficient (Wildman–Crippen LogP) is 2.39. The molecule has 0 aliphatic carbocycles. The Hall–Kier alpha value is -2.10. The molecule has 0 saturated carbocycles. The third-order valence-electron chi connectivity index (χ3n) is 2.85. The van der Waals surface area contributed by atoms with Crippen LogP contribution in [0.15, 0.2) is 30.9 Å². The van der Waals surface area contributed by atoms with Crippen LogP contribution in [0.5, 0.6) is 11.5 Å². The highest BCUT2D eigenvalue weighted by Gasteiger charge is 2.09. The first-order valence-corrected chi connectivity index (χ1v) is 5.70. The third kappa shape index (κ3) is 2.59. The summed E-state index contributed by atoms with van der Waals surface area (Å²) in [6.45, 7) is 2.06. The molecule has 4 nitrogen and oxygen atoms in total. The van der Waals surface area contributed by atoms with E-state index in [2.05, 4.69) is 16.9 Å². The molecule has 0 N–H and O–H groups in total. The largest absolute Gasteiger partial charge is 0.493 e. The maximum Gasteiger partial charge on any atom is 0.161 e. The summed E-state index contributed by atoms with van der Waals surface area (Å²) in [6.07, 6.45) is 5.96. The fraction of sp³-hybridized carbons (Fsp3) is 0.286. The molecule has 0 atom stereocenters. The van der Waals surface area contributed by atoms with E-state index in [4.69, 9.17) is 9.47 Å². The molecular weight excluding hydrogens is 228 g/mol. The van der Waals surface area contributed by atoms with Crippen molar-refractivity contribution in [3.05, 3.63) is 47.5 Å². The van der Waals surface area contributed by atoms with Gasteiger partial charge >= 0.3 is 0 Å². The molecule has 0 fully saturated rings. The number of aryl methyl sites for hydroxylation is 1. The number of ether oxygens (including phenoxy) is 2. The van der Waals surface area contributed by atoms with Gasteiger partial charge in [0.1, 0.15) is 6.33 Å². The van der Waals surface area contributed by atoms with Crippen molar-refractivity contribution in [2.75, 3.05) is 14.2 Å². The summed E-state index contributed by atoms with van der Waals surface area (Å²) in [5, 5.41) is 0. The molecule has 0 unspecified atom stereocenters. The minimum Gasteiger partial charge on any atom is -0.493 e. The van der Waals surface area contributed by atoms with E-state index in [-0.39, 0.29) is 0 Å². The lowest BCUT2D eigenvalue weighted by Gasteiger charge is -2.12. The smallest absolute Gasteiger partial charge is 0.161 e. The van der Waals surface area contributed by atoms with Crippen molar-refractivity contribution in [3.63, 3.8) is 0 Å². The van der Waals surface area contributed by atoms with Crippen LogP contribution in [0.1, 0.15) is 16.7 Å². The molecule has 2 rings (SSSR count). The molecule has 0 amide bonds. The number of rotatable bonds is 4. The lowest BCUT2D eigenvalue weighted by Crippen LogP contribution is -1.97. The van der Waals surface area contributed by atoms with Gasteiger partial charge in [0.15, 0.2) is 11.5 Å². The quantitative estimate of drug-likeness (QED) is 0.828. The molecule has 0 radical (unpaired) electrons. The Bertz CT molecular complexity index is 527. The Labute approximate surface area is 107 Å². The predicted molar refractivity (Wildman–Crippen MR) is 69.1 cm³/mol. The Balaban J connectivity index is 2.33. The standard InChI is InChI=1S/C14H16N2O2/c1-10-4-13(17-2)14(18-3)6-12(10)5-11-7-15-9-16-8-11/h4,6-9H,5H2,1-3H3. The normalized spacial score (nSPS) is 10.2. The highest BCUT2D eigenvalue weighted by Crippen LogP contribution is 2.31. The highest BCUT2D eigenvalue weighted by molar-refractivity contribution is 5.48. The van der Waals surface area contributed by atoms with E-state index in [1.807, 2.05) is 24.5 Å². The molecule has 0 aliphatic heterocycles. The van der Waals surface area contributed by atoms with E-state index in [1.165, 1.54) is 11.9 Å². The molecule has 0 aliphatic rings. The molecule has 0 bridgehead atoms. The Kier molecular flexibility index (Phi) is 3.77. The van der Waals surface area contributed by atoms with Crippen LogP contribution in [-0.2, 0) is 6.42 Å². The van der Waals surface area contributed by atoms with Gasteiger partial charge in [0, 0.05) is 18.8 Å². The number of nitrogens with zero attached hydrogens (tertiary/aromatic N) is 2. The molecule has 0 saturated heterocycles.